The Balaban J connectivity index is 2.17. The molecule has 5 nitrogen and oxygen atoms in total. The highest BCUT2D eigenvalue weighted by Crippen LogP contribution is 2.31. The molecular formula is C21H16ClN3O2. The van der Waals surface area contributed by atoms with Crippen molar-refractivity contribution in [2.75, 3.05) is 6.61 Å². The Morgan fingerprint density at radius 3 is 2.59 bits per heavy atom. The van der Waals surface area contributed by atoms with Gasteiger partial charge in [0.05, 0.1) is 17.3 Å². The fraction of sp³-hybridized carbons (Fsp3) is 0.0952. The number of nitriles is 1. The van der Waals surface area contributed by atoms with Gasteiger partial charge in [0.1, 0.15) is 17.3 Å². The van der Waals surface area contributed by atoms with E-state index in [0.717, 1.165) is 5.69 Å². The molecule has 0 unspecified atom stereocenters. The van der Waals surface area contributed by atoms with Gasteiger partial charge in [-0.15, -0.1) is 0 Å². The number of ether oxygens (including phenoxy) is 1. The Morgan fingerprint density at radius 1 is 1.22 bits per heavy atom. The summed E-state index contributed by atoms with van der Waals surface area (Å²) in [6, 6.07) is 18.7. The smallest absolute Gasteiger partial charge is 0.348 e. The predicted octanol–water partition coefficient (Wildman–Crippen LogP) is 4.66. The zero-order valence-corrected chi connectivity index (χ0v) is 15.3. The number of esters is 1. The molecule has 3 aromatic rings. The van der Waals surface area contributed by atoms with Crippen molar-refractivity contribution in [1.29, 1.82) is 5.26 Å². The molecule has 0 radical (unpaired) electrons. The topological polar surface area (TPSA) is 67.9 Å². The lowest BCUT2D eigenvalue weighted by molar-refractivity contribution is -0.137. The molecule has 0 amide bonds. The minimum absolute atomic E-state index is 0.0993. The maximum Gasteiger partial charge on any atom is 0.348 e. The minimum Gasteiger partial charge on any atom is -0.462 e. The van der Waals surface area contributed by atoms with Crippen LogP contribution < -0.4 is 0 Å². The third-order valence-corrected chi connectivity index (χ3v) is 4.14. The molecule has 134 valence electrons. The summed E-state index contributed by atoms with van der Waals surface area (Å²) in [5.74, 6) is -0.669. The maximum atomic E-state index is 12.0. The Hall–Kier alpha value is -3.36. The molecule has 27 heavy (non-hydrogen) atoms. The van der Waals surface area contributed by atoms with Crippen molar-refractivity contribution in [3.05, 3.63) is 77.0 Å². The number of para-hydroxylation sites is 1. The second-order valence-electron chi connectivity index (χ2n) is 5.58. The van der Waals surface area contributed by atoms with Gasteiger partial charge in [-0.3, -0.25) is 0 Å². The second-order valence-corrected chi connectivity index (χ2v) is 5.99. The molecule has 2 aromatic carbocycles. The standard InChI is InChI=1S/C21H16ClN3O2/c1-2-27-21(26)15(13-23)12-16-14-25(17-8-4-3-5-9-17)24-20(16)18-10-6-7-11-19(18)22/h3-12,14H,2H2,1H3. The Bertz CT molecular complexity index is 1030. The van der Waals surface area contributed by atoms with Crippen LogP contribution in [0.1, 0.15) is 12.5 Å². The maximum absolute atomic E-state index is 12.0. The minimum atomic E-state index is -0.669. The van der Waals surface area contributed by atoms with E-state index >= 15 is 0 Å². The van der Waals surface area contributed by atoms with Crippen LogP contribution in [0.4, 0.5) is 0 Å². The van der Waals surface area contributed by atoms with E-state index in [-0.39, 0.29) is 12.2 Å². The van der Waals surface area contributed by atoms with Gasteiger partial charge in [0.2, 0.25) is 0 Å². The van der Waals surface area contributed by atoms with Gasteiger partial charge in [0, 0.05) is 17.3 Å². The lowest BCUT2D eigenvalue weighted by atomic mass is 10.1. The molecule has 0 aliphatic carbocycles. The molecule has 0 saturated heterocycles. The zero-order chi connectivity index (χ0) is 19.2. The van der Waals surface area contributed by atoms with Crippen molar-refractivity contribution in [3.8, 4) is 23.0 Å². The number of carbonyl (C=O) groups excluding carboxylic acids is 1. The molecule has 1 aromatic heterocycles. The van der Waals surface area contributed by atoms with E-state index in [0.29, 0.717) is 21.8 Å². The van der Waals surface area contributed by atoms with Crippen molar-refractivity contribution in [3.63, 3.8) is 0 Å². The first kappa shape index (κ1) is 18.4. The molecule has 0 saturated carbocycles. The predicted molar refractivity (Wildman–Crippen MR) is 104 cm³/mol. The summed E-state index contributed by atoms with van der Waals surface area (Å²) >= 11 is 6.34. The third kappa shape index (κ3) is 4.08. The number of benzene rings is 2. The van der Waals surface area contributed by atoms with Gasteiger partial charge < -0.3 is 4.74 Å². The van der Waals surface area contributed by atoms with Crippen LogP contribution in [-0.2, 0) is 9.53 Å². The molecule has 0 aliphatic heterocycles. The molecule has 1 heterocycles. The van der Waals surface area contributed by atoms with Crippen LogP contribution in [-0.4, -0.2) is 22.4 Å². The molecule has 0 spiro atoms. The largest absolute Gasteiger partial charge is 0.462 e. The quantitative estimate of drug-likeness (QED) is 0.368. The number of aromatic nitrogens is 2. The third-order valence-electron chi connectivity index (χ3n) is 3.81. The average Bonchev–Trinajstić information content (AvgIpc) is 3.11. The van der Waals surface area contributed by atoms with Crippen LogP contribution in [0.5, 0.6) is 0 Å². The van der Waals surface area contributed by atoms with Crippen LogP contribution in [0.2, 0.25) is 5.02 Å². The van der Waals surface area contributed by atoms with Crippen molar-refractivity contribution >= 4 is 23.6 Å². The number of rotatable bonds is 5. The SMILES string of the molecule is CCOC(=O)C(C#N)=Cc1cn(-c2ccccc2)nc1-c1ccccc1Cl. The number of hydrogen-bond donors (Lipinski definition) is 0. The summed E-state index contributed by atoms with van der Waals surface area (Å²) in [7, 11) is 0. The van der Waals surface area contributed by atoms with Gasteiger partial charge in [-0.1, -0.05) is 48.0 Å². The van der Waals surface area contributed by atoms with E-state index in [2.05, 4.69) is 5.10 Å². The Kier molecular flexibility index (Phi) is 5.70. The number of halogens is 1. The van der Waals surface area contributed by atoms with Crippen LogP contribution >= 0.6 is 11.6 Å². The summed E-state index contributed by atoms with van der Waals surface area (Å²) in [6.45, 7) is 1.88. The summed E-state index contributed by atoms with van der Waals surface area (Å²) in [6.07, 6.45) is 3.23. The Labute approximate surface area is 162 Å². The lowest BCUT2D eigenvalue weighted by Gasteiger charge is -2.03. The van der Waals surface area contributed by atoms with E-state index in [1.807, 2.05) is 54.6 Å². The van der Waals surface area contributed by atoms with Gasteiger partial charge in [0.25, 0.3) is 0 Å². The van der Waals surface area contributed by atoms with Crippen LogP contribution in [0, 0.1) is 11.3 Å². The molecule has 0 bridgehead atoms. The first-order valence-electron chi connectivity index (χ1n) is 8.33. The fourth-order valence-corrected chi connectivity index (χ4v) is 2.79. The van der Waals surface area contributed by atoms with Crippen molar-refractivity contribution in [2.45, 2.75) is 6.92 Å². The monoisotopic (exact) mass is 377 g/mol. The van der Waals surface area contributed by atoms with E-state index in [1.165, 1.54) is 6.08 Å². The van der Waals surface area contributed by atoms with Gasteiger partial charge in [0.15, 0.2) is 0 Å². The van der Waals surface area contributed by atoms with Crippen LogP contribution in [0.15, 0.2) is 66.4 Å². The average molecular weight is 378 g/mol. The van der Waals surface area contributed by atoms with Crippen molar-refractivity contribution in [1.82, 2.24) is 9.78 Å². The highest BCUT2D eigenvalue weighted by atomic mass is 35.5. The van der Waals surface area contributed by atoms with Gasteiger partial charge in [-0.25, -0.2) is 9.48 Å². The van der Waals surface area contributed by atoms with E-state index < -0.39 is 5.97 Å². The molecule has 0 atom stereocenters. The number of hydrogen-bond acceptors (Lipinski definition) is 4. The Morgan fingerprint density at radius 2 is 1.93 bits per heavy atom. The zero-order valence-electron chi connectivity index (χ0n) is 14.6. The molecular weight excluding hydrogens is 362 g/mol. The van der Waals surface area contributed by atoms with Crippen molar-refractivity contribution in [2.24, 2.45) is 0 Å². The summed E-state index contributed by atoms with van der Waals surface area (Å²) < 4.78 is 6.63. The fourth-order valence-electron chi connectivity index (χ4n) is 2.57. The summed E-state index contributed by atoms with van der Waals surface area (Å²) in [5.41, 5.74) is 2.62. The molecule has 0 fully saturated rings. The first-order valence-corrected chi connectivity index (χ1v) is 8.70. The van der Waals surface area contributed by atoms with E-state index in [4.69, 9.17) is 16.3 Å². The molecule has 0 aliphatic rings. The number of carbonyl (C=O) groups is 1. The highest BCUT2D eigenvalue weighted by Gasteiger charge is 2.17. The van der Waals surface area contributed by atoms with Gasteiger partial charge in [-0.05, 0) is 31.2 Å². The van der Waals surface area contributed by atoms with Crippen molar-refractivity contribution < 1.29 is 9.53 Å². The first-order chi connectivity index (χ1) is 13.1. The summed E-state index contributed by atoms with van der Waals surface area (Å²) in [4.78, 5) is 12.0. The van der Waals surface area contributed by atoms with Crippen LogP contribution in [0.3, 0.4) is 0 Å². The molecule has 3 rings (SSSR count). The lowest BCUT2D eigenvalue weighted by Crippen LogP contribution is -2.06. The van der Waals surface area contributed by atoms with E-state index in [1.54, 1.807) is 23.9 Å². The molecule has 6 heteroatoms. The van der Waals surface area contributed by atoms with E-state index in [9.17, 15) is 10.1 Å². The van der Waals surface area contributed by atoms with Crippen LogP contribution in [0.25, 0.3) is 23.0 Å². The molecule has 0 N–H and O–H groups in total. The summed E-state index contributed by atoms with van der Waals surface area (Å²) in [5, 5.41) is 14.5. The van der Waals surface area contributed by atoms with Gasteiger partial charge >= 0.3 is 5.97 Å². The normalized spacial score (nSPS) is 11.1. The second kappa shape index (κ2) is 8.35. The highest BCUT2D eigenvalue weighted by molar-refractivity contribution is 6.33. The van der Waals surface area contributed by atoms with Gasteiger partial charge in [-0.2, -0.15) is 10.4 Å². The number of nitrogens with zero attached hydrogens (tertiary/aromatic N) is 3.